The molecule has 0 spiro atoms. The van der Waals surface area contributed by atoms with Crippen LogP contribution < -0.4 is 5.32 Å². The Morgan fingerprint density at radius 1 is 1.37 bits per heavy atom. The number of carboxylic acids is 1. The summed E-state index contributed by atoms with van der Waals surface area (Å²) in [6.45, 7) is 3.47. The van der Waals surface area contributed by atoms with Crippen LogP contribution in [0.2, 0.25) is 0 Å². The zero-order valence-corrected chi connectivity index (χ0v) is 15.3. The van der Waals surface area contributed by atoms with Gasteiger partial charge in [0, 0.05) is 9.66 Å². The van der Waals surface area contributed by atoms with E-state index in [1.807, 2.05) is 0 Å². The minimum absolute atomic E-state index is 0.00652. The summed E-state index contributed by atoms with van der Waals surface area (Å²) in [5.41, 5.74) is 9.11. The van der Waals surface area contributed by atoms with Crippen LogP contribution >= 0.6 is 11.8 Å². The van der Waals surface area contributed by atoms with E-state index in [9.17, 15) is 24.6 Å². The first-order valence-corrected chi connectivity index (χ1v) is 8.91. The lowest BCUT2D eigenvalue weighted by Gasteiger charge is -2.43. The largest absolute Gasteiger partial charge is 0.508 e. The number of phenolic OH excluding ortho intramolecular Hbond substituents is 1. The number of carboxylic acid groups (broad SMARTS) is 1. The topological polar surface area (TPSA) is 156 Å². The molecule has 27 heavy (non-hydrogen) atoms. The first-order valence-electron chi connectivity index (χ1n) is 8.03. The Bertz CT molecular complexity index is 851. The Morgan fingerprint density at radius 3 is 2.56 bits per heavy atom. The van der Waals surface area contributed by atoms with Crippen molar-refractivity contribution in [2.24, 2.45) is 5.11 Å². The highest BCUT2D eigenvalue weighted by Gasteiger charge is 2.64. The molecule has 2 fully saturated rings. The number of carbonyl (C=O) groups is 3. The predicted octanol–water partition coefficient (Wildman–Crippen LogP) is 1.38. The number of thioether (sulfide) groups is 1. The van der Waals surface area contributed by atoms with E-state index < -0.39 is 46.0 Å². The number of nitrogens with one attached hydrogen (secondary N) is 1. The molecule has 0 bridgehead atoms. The van der Waals surface area contributed by atoms with Gasteiger partial charge in [-0.25, -0.2) is 4.79 Å². The number of aromatic hydroxyl groups is 1. The summed E-state index contributed by atoms with van der Waals surface area (Å²) in [7, 11) is 0. The maximum absolute atomic E-state index is 12.6. The lowest BCUT2D eigenvalue weighted by molar-refractivity contribution is -0.161. The molecule has 10 nitrogen and oxygen atoms in total. The van der Waals surface area contributed by atoms with E-state index in [2.05, 4.69) is 15.3 Å². The predicted molar refractivity (Wildman–Crippen MR) is 95.7 cm³/mol. The smallest absolute Gasteiger partial charge is 0.327 e. The van der Waals surface area contributed by atoms with Crippen LogP contribution in [0.15, 0.2) is 29.4 Å². The van der Waals surface area contributed by atoms with E-state index in [-0.39, 0.29) is 5.75 Å². The van der Waals surface area contributed by atoms with Crippen LogP contribution in [0.5, 0.6) is 5.75 Å². The highest BCUT2D eigenvalue weighted by atomic mass is 32.2. The van der Waals surface area contributed by atoms with Gasteiger partial charge in [0.25, 0.3) is 0 Å². The van der Waals surface area contributed by atoms with Crippen molar-refractivity contribution >= 4 is 29.5 Å². The Kier molecular flexibility index (Phi) is 4.66. The molecule has 3 rings (SSSR count). The fourth-order valence-corrected chi connectivity index (χ4v) is 4.98. The van der Waals surface area contributed by atoms with Gasteiger partial charge in [0.1, 0.15) is 29.2 Å². The molecule has 142 valence electrons. The van der Waals surface area contributed by atoms with Crippen LogP contribution in [0.1, 0.15) is 25.5 Å². The molecule has 1 aromatic rings. The summed E-state index contributed by atoms with van der Waals surface area (Å²) < 4.78 is -0.702. The summed E-state index contributed by atoms with van der Waals surface area (Å²) in [6.07, 6.45) is 0. The quantitative estimate of drug-likeness (QED) is 0.298. The number of carbonyl (C=O) groups excluding carboxylic acids is 2. The lowest BCUT2D eigenvalue weighted by atomic mass is 9.95. The normalized spacial score (nSPS) is 26.4. The summed E-state index contributed by atoms with van der Waals surface area (Å²) in [4.78, 5) is 40.5. The Morgan fingerprint density at radius 2 is 2.00 bits per heavy atom. The molecule has 1 aromatic carbocycles. The average Bonchev–Trinajstić information content (AvgIpc) is 2.86. The molecular weight excluding hydrogens is 374 g/mol. The molecule has 0 aromatic heterocycles. The van der Waals surface area contributed by atoms with Gasteiger partial charge in [0.05, 0.1) is 0 Å². The van der Waals surface area contributed by atoms with E-state index in [4.69, 9.17) is 5.53 Å². The summed E-state index contributed by atoms with van der Waals surface area (Å²) >= 11 is 1.30. The van der Waals surface area contributed by atoms with Crippen molar-refractivity contribution in [1.29, 1.82) is 0 Å². The maximum atomic E-state index is 12.6. The molecule has 1 unspecified atom stereocenters. The second kappa shape index (κ2) is 6.67. The van der Waals surface area contributed by atoms with Gasteiger partial charge in [0.15, 0.2) is 0 Å². The molecule has 4 atom stereocenters. The second-order valence-corrected chi connectivity index (χ2v) is 8.55. The van der Waals surface area contributed by atoms with Gasteiger partial charge < -0.3 is 20.4 Å². The Hall–Kier alpha value is -2.91. The number of fused-ring (bicyclic) bond motifs is 1. The highest BCUT2D eigenvalue weighted by molar-refractivity contribution is 8.01. The lowest BCUT2D eigenvalue weighted by Crippen LogP contribution is -2.70. The monoisotopic (exact) mass is 391 g/mol. The fraction of sp³-hybridized carbons (Fsp3) is 0.438. The number of aliphatic carboxylic acids is 1. The standard InChI is InChI=1S/C16H17N5O5S/c1-16(2)11(15(25)26)21-13(24)10(14(21)27-16)18-12(23)9(19-20-17)7-3-5-8(22)6-4-7/h3-6,9-11,14,22H,1-2H3,(H,18,23)(H,25,26)/t9-,10?,11+,14-/m1/s1. The van der Waals surface area contributed by atoms with Crippen LogP contribution in [-0.2, 0) is 14.4 Å². The molecule has 0 radical (unpaired) electrons. The van der Waals surface area contributed by atoms with Gasteiger partial charge >= 0.3 is 5.97 Å². The van der Waals surface area contributed by atoms with E-state index >= 15 is 0 Å². The van der Waals surface area contributed by atoms with Crippen molar-refractivity contribution in [3.8, 4) is 5.75 Å². The number of nitrogens with zero attached hydrogens (tertiary/aromatic N) is 4. The number of rotatable bonds is 5. The van der Waals surface area contributed by atoms with E-state index in [1.54, 1.807) is 13.8 Å². The van der Waals surface area contributed by atoms with Crippen molar-refractivity contribution in [1.82, 2.24) is 10.2 Å². The Balaban J connectivity index is 1.78. The zero-order valence-electron chi connectivity index (χ0n) is 14.4. The van der Waals surface area contributed by atoms with Crippen molar-refractivity contribution in [3.63, 3.8) is 0 Å². The van der Waals surface area contributed by atoms with Crippen LogP contribution in [0.4, 0.5) is 0 Å². The summed E-state index contributed by atoms with van der Waals surface area (Å²) in [5, 5.41) is 24.3. The van der Waals surface area contributed by atoms with Crippen molar-refractivity contribution in [2.75, 3.05) is 0 Å². The second-order valence-electron chi connectivity index (χ2n) is 6.78. The molecule has 11 heteroatoms. The molecule has 0 aliphatic carbocycles. The molecule has 2 aliphatic rings. The number of azide groups is 1. The minimum Gasteiger partial charge on any atom is -0.508 e. The first-order chi connectivity index (χ1) is 12.7. The van der Waals surface area contributed by atoms with Gasteiger partial charge in [-0.3, -0.25) is 9.59 Å². The number of β-lactam (4-membered cyclic amide) rings is 1. The minimum atomic E-state index is -1.22. The van der Waals surface area contributed by atoms with E-state index in [0.29, 0.717) is 5.56 Å². The average molecular weight is 391 g/mol. The third-order valence-electron chi connectivity index (χ3n) is 4.60. The molecule has 2 aliphatic heterocycles. The van der Waals surface area contributed by atoms with Crippen LogP contribution in [0.25, 0.3) is 10.4 Å². The number of benzene rings is 1. The van der Waals surface area contributed by atoms with Crippen LogP contribution in [-0.4, -0.2) is 55.1 Å². The van der Waals surface area contributed by atoms with E-state index in [0.717, 1.165) is 0 Å². The van der Waals surface area contributed by atoms with E-state index in [1.165, 1.54) is 40.9 Å². The van der Waals surface area contributed by atoms with Gasteiger partial charge in [-0.2, -0.15) is 0 Å². The number of amides is 2. The van der Waals surface area contributed by atoms with Gasteiger partial charge in [-0.05, 0) is 37.1 Å². The molecular formula is C16H17N5O5S. The van der Waals surface area contributed by atoms with Crippen molar-refractivity contribution in [3.05, 3.63) is 40.3 Å². The van der Waals surface area contributed by atoms with Crippen LogP contribution in [0, 0.1) is 0 Å². The molecule has 3 N–H and O–H groups in total. The fourth-order valence-electron chi connectivity index (χ4n) is 3.36. The van der Waals surface area contributed by atoms with Crippen molar-refractivity contribution < 1.29 is 24.6 Å². The number of hydrogen-bond donors (Lipinski definition) is 3. The molecule has 2 saturated heterocycles. The third kappa shape index (κ3) is 3.15. The highest BCUT2D eigenvalue weighted by Crippen LogP contribution is 2.50. The molecule has 2 amide bonds. The zero-order chi connectivity index (χ0) is 19.9. The number of phenols is 1. The van der Waals surface area contributed by atoms with Crippen LogP contribution in [0.3, 0.4) is 0 Å². The Labute approximate surface area is 158 Å². The first kappa shape index (κ1) is 18.9. The maximum Gasteiger partial charge on any atom is 0.327 e. The molecule has 0 saturated carbocycles. The summed E-state index contributed by atoms with van der Waals surface area (Å²) in [5.74, 6) is -2.25. The van der Waals surface area contributed by atoms with Gasteiger partial charge in [-0.15, -0.1) is 11.8 Å². The number of hydrogen-bond acceptors (Lipinski definition) is 6. The molecule has 2 heterocycles. The SMILES string of the molecule is CC1(C)S[C@@H]2C(NC(=O)[C@H](N=[N+]=[N-])c3ccc(O)cc3)C(=O)N2[C@H]1C(=O)O. The van der Waals surface area contributed by atoms with Gasteiger partial charge in [-0.1, -0.05) is 17.2 Å². The summed E-state index contributed by atoms with van der Waals surface area (Å²) in [6, 6.07) is 2.51. The van der Waals surface area contributed by atoms with Gasteiger partial charge in [0.2, 0.25) is 11.8 Å². The van der Waals surface area contributed by atoms with Crippen molar-refractivity contribution in [2.45, 2.75) is 42.1 Å². The third-order valence-corrected chi connectivity index (χ3v) is 6.17.